The molecule has 1 aromatic rings. The minimum atomic E-state index is -0.645. The topological polar surface area (TPSA) is 43.4 Å². The summed E-state index contributed by atoms with van der Waals surface area (Å²) in [5.74, 6) is -1.15. The first-order valence-electron chi connectivity index (χ1n) is 5.84. The quantitative estimate of drug-likeness (QED) is 0.580. The molecule has 3 nitrogen and oxygen atoms in total. The Bertz CT molecular complexity index is 474. The molecule has 1 aliphatic carbocycles. The average molecular weight is 232 g/mol. The molecule has 0 radical (unpaired) electrons. The summed E-state index contributed by atoms with van der Waals surface area (Å²) in [4.78, 5) is 23.9. The fourth-order valence-electron chi connectivity index (χ4n) is 2.19. The van der Waals surface area contributed by atoms with E-state index in [9.17, 15) is 9.59 Å². The Hall–Kier alpha value is -1.64. The fourth-order valence-corrected chi connectivity index (χ4v) is 2.19. The van der Waals surface area contributed by atoms with Gasteiger partial charge in [-0.2, -0.15) is 0 Å². The fraction of sp³-hybridized carbons (Fsp3) is 0.429. The molecule has 1 unspecified atom stereocenters. The second-order valence-electron chi connectivity index (χ2n) is 4.71. The van der Waals surface area contributed by atoms with Gasteiger partial charge in [0, 0.05) is 5.56 Å². The SMILES string of the molecule is Cc1cccc2c1CC(C(=O)OC(C)C)C2=O. The van der Waals surface area contributed by atoms with Gasteiger partial charge in [0.1, 0.15) is 5.92 Å². The van der Waals surface area contributed by atoms with Gasteiger partial charge < -0.3 is 4.74 Å². The molecule has 0 fully saturated rings. The van der Waals surface area contributed by atoms with E-state index in [1.165, 1.54) is 0 Å². The molecule has 3 heteroatoms. The van der Waals surface area contributed by atoms with Crippen molar-refractivity contribution in [2.24, 2.45) is 5.92 Å². The van der Waals surface area contributed by atoms with Crippen LogP contribution in [0.25, 0.3) is 0 Å². The number of hydrogen-bond donors (Lipinski definition) is 0. The monoisotopic (exact) mass is 232 g/mol. The van der Waals surface area contributed by atoms with Crippen molar-refractivity contribution in [2.45, 2.75) is 33.3 Å². The number of rotatable bonds is 2. The molecule has 0 saturated heterocycles. The minimum Gasteiger partial charge on any atom is -0.462 e. The molecule has 1 atom stereocenters. The summed E-state index contributed by atoms with van der Waals surface area (Å²) in [6.45, 7) is 5.54. The number of ketones is 1. The maximum absolute atomic E-state index is 12.1. The van der Waals surface area contributed by atoms with Gasteiger partial charge >= 0.3 is 5.97 Å². The highest BCUT2D eigenvalue weighted by atomic mass is 16.5. The Morgan fingerprint density at radius 3 is 2.71 bits per heavy atom. The molecule has 90 valence electrons. The van der Waals surface area contributed by atoms with Gasteiger partial charge in [-0.05, 0) is 38.3 Å². The summed E-state index contributed by atoms with van der Waals surface area (Å²) in [6.07, 6.45) is 0.298. The number of carbonyl (C=O) groups is 2. The highest BCUT2D eigenvalue weighted by Gasteiger charge is 2.37. The zero-order chi connectivity index (χ0) is 12.6. The number of Topliss-reactive ketones (excluding diaryl/α,β-unsaturated/α-hetero) is 1. The molecule has 0 saturated carbocycles. The first-order valence-corrected chi connectivity index (χ1v) is 5.84. The van der Waals surface area contributed by atoms with Gasteiger partial charge in [-0.1, -0.05) is 18.2 Å². The smallest absolute Gasteiger partial charge is 0.317 e. The largest absolute Gasteiger partial charge is 0.462 e. The molecule has 0 heterocycles. The first-order chi connectivity index (χ1) is 8.00. The first kappa shape index (κ1) is 11.8. The van der Waals surface area contributed by atoms with Gasteiger partial charge in [0.2, 0.25) is 0 Å². The lowest BCUT2D eigenvalue weighted by Crippen LogP contribution is -2.25. The predicted octanol–water partition coefficient (Wildman–Crippen LogP) is 2.30. The van der Waals surface area contributed by atoms with Gasteiger partial charge in [0.15, 0.2) is 5.78 Å². The molecule has 0 amide bonds. The zero-order valence-corrected chi connectivity index (χ0v) is 10.3. The summed E-state index contributed by atoms with van der Waals surface area (Å²) in [7, 11) is 0. The van der Waals surface area contributed by atoms with Crippen molar-refractivity contribution in [1.29, 1.82) is 0 Å². The Kier molecular flexibility index (Phi) is 3.01. The Balaban J connectivity index is 2.26. The van der Waals surface area contributed by atoms with Crippen molar-refractivity contribution in [3.8, 4) is 0 Å². The molecule has 0 aromatic heterocycles. The molecule has 0 N–H and O–H groups in total. The van der Waals surface area contributed by atoms with Crippen molar-refractivity contribution < 1.29 is 14.3 Å². The number of ether oxygens (including phenoxy) is 1. The van der Waals surface area contributed by atoms with Crippen LogP contribution in [0.15, 0.2) is 18.2 Å². The van der Waals surface area contributed by atoms with E-state index in [4.69, 9.17) is 4.74 Å². The van der Waals surface area contributed by atoms with E-state index >= 15 is 0 Å². The highest BCUT2D eigenvalue weighted by molar-refractivity contribution is 6.12. The van der Waals surface area contributed by atoms with Gasteiger partial charge in [0.25, 0.3) is 0 Å². The number of esters is 1. The third kappa shape index (κ3) is 2.09. The van der Waals surface area contributed by atoms with Crippen LogP contribution in [0, 0.1) is 12.8 Å². The summed E-state index contributed by atoms with van der Waals surface area (Å²) in [6, 6.07) is 5.60. The van der Waals surface area contributed by atoms with Gasteiger partial charge in [0.05, 0.1) is 6.10 Å². The van der Waals surface area contributed by atoms with Crippen molar-refractivity contribution in [2.75, 3.05) is 0 Å². The molecule has 2 rings (SSSR count). The van der Waals surface area contributed by atoms with E-state index in [0.717, 1.165) is 11.1 Å². The third-order valence-corrected chi connectivity index (χ3v) is 3.04. The summed E-state index contributed by atoms with van der Waals surface area (Å²) >= 11 is 0. The highest BCUT2D eigenvalue weighted by Crippen LogP contribution is 2.30. The Labute approximate surface area is 101 Å². The van der Waals surface area contributed by atoms with Crippen LogP contribution < -0.4 is 0 Å². The van der Waals surface area contributed by atoms with Crippen LogP contribution in [0.5, 0.6) is 0 Å². The van der Waals surface area contributed by atoms with Gasteiger partial charge in [-0.15, -0.1) is 0 Å². The zero-order valence-electron chi connectivity index (χ0n) is 10.3. The summed E-state index contributed by atoms with van der Waals surface area (Å²) in [5.41, 5.74) is 2.73. The molecule has 1 aromatic carbocycles. The van der Waals surface area contributed by atoms with E-state index in [-0.39, 0.29) is 11.9 Å². The number of aryl methyl sites for hydroxylation is 1. The van der Waals surface area contributed by atoms with E-state index < -0.39 is 11.9 Å². The minimum absolute atomic E-state index is 0.102. The molecular formula is C14H16O3. The van der Waals surface area contributed by atoms with E-state index in [0.29, 0.717) is 12.0 Å². The van der Waals surface area contributed by atoms with E-state index in [1.54, 1.807) is 19.9 Å². The number of benzene rings is 1. The maximum atomic E-state index is 12.1. The second-order valence-corrected chi connectivity index (χ2v) is 4.71. The van der Waals surface area contributed by atoms with E-state index in [1.807, 2.05) is 19.1 Å². The molecule has 0 bridgehead atoms. The third-order valence-electron chi connectivity index (χ3n) is 3.04. The van der Waals surface area contributed by atoms with Crippen LogP contribution in [0.4, 0.5) is 0 Å². The van der Waals surface area contributed by atoms with Crippen molar-refractivity contribution in [1.82, 2.24) is 0 Å². The average Bonchev–Trinajstić information content (AvgIpc) is 2.57. The van der Waals surface area contributed by atoms with Crippen molar-refractivity contribution >= 4 is 11.8 Å². The van der Waals surface area contributed by atoms with Crippen LogP contribution in [-0.4, -0.2) is 17.9 Å². The predicted molar refractivity (Wildman–Crippen MR) is 63.9 cm³/mol. The second kappa shape index (κ2) is 4.32. The summed E-state index contributed by atoms with van der Waals surface area (Å²) in [5, 5.41) is 0. The van der Waals surface area contributed by atoms with Crippen molar-refractivity contribution in [3.63, 3.8) is 0 Å². The Morgan fingerprint density at radius 1 is 1.41 bits per heavy atom. The lowest BCUT2D eigenvalue weighted by Gasteiger charge is -2.11. The van der Waals surface area contributed by atoms with Gasteiger partial charge in [-0.3, -0.25) is 9.59 Å². The maximum Gasteiger partial charge on any atom is 0.317 e. The number of hydrogen-bond acceptors (Lipinski definition) is 3. The molecule has 0 aliphatic heterocycles. The van der Waals surface area contributed by atoms with Crippen LogP contribution >= 0.6 is 0 Å². The molecular weight excluding hydrogens is 216 g/mol. The van der Waals surface area contributed by atoms with Crippen LogP contribution in [0.2, 0.25) is 0 Å². The molecule has 17 heavy (non-hydrogen) atoms. The lowest BCUT2D eigenvalue weighted by molar-refractivity contribution is -0.150. The molecule has 0 spiro atoms. The van der Waals surface area contributed by atoms with Crippen LogP contribution in [-0.2, 0) is 16.0 Å². The van der Waals surface area contributed by atoms with Crippen LogP contribution in [0.1, 0.15) is 35.3 Å². The lowest BCUT2D eigenvalue weighted by atomic mass is 10.0. The number of carbonyl (C=O) groups excluding carboxylic acids is 2. The summed E-state index contributed by atoms with van der Waals surface area (Å²) < 4.78 is 5.12. The number of fused-ring (bicyclic) bond motifs is 1. The molecule has 1 aliphatic rings. The normalized spacial score (nSPS) is 18.4. The van der Waals surface area contributed by atoms with Gasteiger partial charge in [-0.25, -0.2) is 0 Å². The standard InChI is InChI=1S/C14H16O3/c1-8(2)17-14(16)12-7-11-9(3)5-4-6-10(11)13(12)15/h4-6,8,12H,7H2,1-3H3. The van der Waals surface area contributed by atoms with E-state index in [2.05, 4.69) is 0 Å². The van der Waals surface area contributed by atoms with Crippen molar-refractivity contribution in [3.05, 3.63) is 34.9 Å². The Morgan fingerprint density at radius 2 is 2.12 bits per heavy atom. The van der Waals surface area contributed by atoms with Crippen LogP contribution in [0.3, 0.4) is 0 Å².